The molecule has 0 spiro atoms. The minimum Gasteiger partial charge on any atom is -0.492 e. The number of aliphatic carboxylic acids is 1. The predicted molar refractivity (Wildman–Crippen MR) is 97.7 cm³/mol. The molecule has 1 aliphatic heterocycles. The molecular weight excluding hydrogens is 334 g/mol. The summed E-state index contributed by atoms with van der Waals surface area (Å²) in [5.74, 6) is -0.804. The van der Waals surface area contributed by atoms with E-state index in [4.69, 9.17) is 9.47 Å². The number of fused-ring (bicyclic) bond motifs is 3. The van der Waals surface area contributed by atoms with Crippen molar-refractivity contribution in [1.29, 1.82) is 0 Å². The molecule has 1 heterocycles. The molecule has 0 saturated carbocycles. The van der Waals surface area contributed by atoms with Crippen LogP contribution in [-0.4, -0.2) is 35.4 Å². The fraction of sp³-hybridized carbons (Fsp3) is 0.500. The lowest BCUT2D eigenvalue weighted by atomic mass is 9.78. The molecule has 0 aromatic heterocycles. The highest BCUT2D eigenvalue weighted by molar-refractivity contribution is 5.99. The number of carboxylic acid groups (broad SMARTS) is 1. The van der Waals surface area contributed by atoms with Gasteiger partial charge in [0.1, 0.15) is 17.4 Å². The molecule has 2 aliphatic rings. The Bertz CT molecular complexity index is 749. The average molecular weight is 359 g/mol. The lowest BCUT2D eigenvalue weighted by molar-refractivity contribution is -0.140. The number of hydrogen-bond acceptors (Lipinski definition) is 4. The zero-order valence-electron chi connectivity index (χ0n) is 15.6. The van der Waals surface area contributed by atoms with Gasteiger partial charge >= 0.3 is 12.1 Å². The van der Waals surface area contributed by atoms with Gasteiger partial charge < -0.3 is 14.6 Å². The molecule has 6 heteroatoms. The second kappa shape index (κ2) is 6.67. The van der Waals surface area contributed by atoms with Gasteiger partial charge in [0.2, 0.25) is 0 Å². The number of amides is 1. The van der Waals surface area contributed by atoms with Crippen LogP contribution in [0, 0.1) is 5.92 Å². The van der Waals surface area contributed by atoms with Crippen molar-refractivity contribution >= 4 is 17.7 Å². The van der Waals surface area contributed by atoms with Gasteiger partial charge in [0, 0.05) is 11.8 Å². The van der Waals surface area contributed by atoms with E-state index in [1.54, 1.807) is 26.8 Å². The molecule has 0 radical (unpaired) electrons. The molecule has 140 valence electrons. The molecule has 3 atom stereocenters. The van der Waals surface area contributed by atoms with Crippen LogP contribution in [-0.2, 0) is 9.53 Å². The fourth-order valence-corrected chi connectivity index (χ4v) is 3.81. The first-order chi connectivity index (χ1) is 12.2. The smallest absolute Gasteiger partial charge is 0.415 e. The van der Waals surface area contributed by atoms with Crippen LogP contribution in [0.1, 0.15) is 45.6 Å². The van der Waals surface area contributed by atoms with Gasteiger partial charge in [0.05, 0.1) is 12.3 Å². The number of benzene rings is 1. The van der Waals surface area contributed by atoms with Gasteiger partial charge in [0.25, 0.3) is 0 Å². The summed E-state index contributed by atoms with van der Waals surface area (Å²) >= 11 is 0. The van der Waals surface area contributed by atoms with E-state index in [1.807, 2.05) is 31.2 Å². The van der Waals surface area contributed by atoms with Crippen molar-refractivity contribution in [3.8, 4) is 5.75 Å². The van der Waals surface area contributed by atoms with Crippen LogP contribution in [0.4, 0.5) is 10.5 Å². The minimum absolute atomic E-state index is 0.0507. The highest BCUT2D eigenvalue weighted by Gasteiger charge is 2.49. The molecule has 3 rings (SSSR count). The number of anilines is 1. The van der Waals surface area contributed by atoms with E-state index in [1.165, 1.54) is 4.90 Å². The van der Waals surface area contributed by atoms with Gasteiger partial charge in [-0.05, 0) is 45.7 Å². The normalized spacial score (nSPS) is 24.0. The quantitative estimate of drug-likeness (QED) is 0.827. The molecule has 1 aromatic carbocycles. The number of carboxylic acids is 1. The number of allylic oxidation sites excluding steroid dienone is 2. The van der Waals surface area contributed by atoms with Crippen LogP contribution < -0.4 is 9.64 Å². The highest BCUT2D eigenvalue weighted by Crippen LogP contribution is 2.51. The van der Waals surface area contributed by atoms with Gasteiger partial charge in [-0.1, -0.05) is 24.3 Å². The first kappa shape index (κ1) is 18.3. The Morgan fingerprint density at radius 3 is 2.65 bits per heavy atom. The maximum absolute atomic E-state index is 13.0. The highest BCUT2D eigenvalue weighted by atomic mass is 16.6. The van der Waals surface area contributed by atoms with Gasteiger partial charge in [0.15, 0.2) is 0 Å². The molecule has 0 unspecified atom stereocenters. The van der Waals surface area contributed by atoms with Crippen LogP contribution >= 0.6 is 0 Å². The van der Waals surface area contributed by atoms with Crippen LogP contribution in [0.5, 0.6) is 5.75 Å². The summed E-state index contributed by atoms with van der Waals surface area (Å²) in [4.78, 5) is 26.4. The third-order valence-electron chi connectivity index (χ3n) is 4.67. The summed E-state index contributed by atoms with van der Waals surface area (Å²) in [6, 6.07) is 4.57. The van der Waals surface area contributed by atoms with Crippen LogP contribution in [0.25, 0.3) is 0 Å². The Balaban J connectivity index is 2.18. The Hall–Kier alpha value is -2.50. The Labute approximate surface area is 153 Å². The van der Waals surface area contributed by atoms with Crippen molar-refractivity contribution in [3.63, 3.8) is 0 Å². The number of carbonyl (C=O) groups excluding carboxylic acids is 1. The number of ether oxygens (including phenoxy) is 2. The third kappa shape index (κ3) is 3.16. The van der Waals surface area contributed by atoms with E-state index in [0.29, 0.717) is 24.5 Å². The second-order valence-corrected chi connectivity index (χ2v) is 7.61. The zero-order chi connectivity index (χ0) is 19.1. The minimum atomic E-state index is -1.04. The third-order valence-corrected chi connectivity index (χ3v) is 4.67. The van der Waals surface area contributed by atoms with E-state index in [0.717, 1.165) is 5.56 Å². The molecular formula is C20H25NO5. The van der Waals surface area contributed by atoms with E-state index in [9.17, 15) is 14.7 Å². The van der Waals surface area contributed by atoms with Crippen molar-refractivity contribution in [2.24, 2.45) is 5.92 Å². The van der Waals surface area contributed by atoms with Gasteiger partial charge in [-0.3, -0.25) is 4.90 Å². The fourth-order valence-electron chi connectivity index (χ4n) is 3.81. The molecule has 0 bridgehead atoms. The Kier molecular flexibility index (Phi) is 4.69. The average Bonchev–Trinajstić information content (AvgIpc) is 3.01. The standard InChI is InChI=1S/C20H25NO5/c1-5-25-15-11-7-10-13-12-8-6-9-14(12)17(18(22)23)21(16(13)15)19(24)26-20(2,3)4/h6-8,10-12,14,17H,5,9H2,1-4H3,(H,22,23)/t12-,14-,17+/m0/s1. The van der Waals surface area contributed by atoms with E-state index in [-0.39, 0.29) is 11.8 Å². The Morgan fingerprint density at radius 2 is 2.04 bits per heavy atom. The lowest BCUT2D eigenvalue weighted by Crippen LogP contribution is -2.54. The van der Waals surface area contributed by atoms with E-state index >= 15 is 0 Å². The first-order valence-electron chi connectivity index (χ1n) is 8.92. The second-order valence-electron chi connectivity index (χ2n) is 7.61. The van der Waals surface area contributed by atoms with Crippen LogP contribution in [0.15, 0.2) is 30.4 Å². The number of nitrogens with zero attached hydrogens (tertiary/aromatic N) is 1. The molecule has 1 N–H and O–H groups in total. The van der Waals surface area contributed by atoms with Gasteiger partial charge in [-0.25, -0.2) is 9.59 Å². The number of carbonyl (C=O) groups is 2. The van der Waals surface area contributed by atoms with E-state index in [2.05, 4.69) is 0 Å². The maximum atomic E-state index is 13.0. The first-order valence-corrected chi connectivity index (χ1v) is 8.92. The summed E-state index contributed by atoms with van der Waals surface area (Å²) in [7, 11) is 0. The van der Waals surface area contributed by atoms with Crippen molar-refractivity contribution in [3.05, 3.63) is 35.9 Å². The molecule has 26 heavy (non-hydrogen) atoms. The van der Waals surface area contributed by atoms with Crippen molar-refractivity contribution in [2.75, 3.05) is 11.5 Å². The molecule has 0 fully saturated rings. The maximum Gasteiger partial charge on any atom is 0.415 e. The lowest BCUT2D eigenvalue weighted by Gasteiger charge is -2.42. The Morgan fingerprint density at radius 1 is 1.31 bits per heavy atom. The summed E-state index contributed by atoms with van der Waals surface area (Å²) in [6.45, 7) is 7.56. The van der Waals surface area contributed by atoms with Crippen LogP contribution in [0.3, 0.4) is 0 Å². The summed E-state index contributed by atoms with van der Waals surface area (Å²) < 4.78 is 11.3. The predicted octanol–water partition coefficient (Wildman–Crippen LogP) is 3.95. The largest absolute Gasteiger partial charge is 0.492 e. The van der Waals surface area contributed by atoms with Crippen molar-refractivity contribution in [2.45, 2.75) is 51.7 Å². The van der Waals surface area contributed by atoms with Gasteiger partial charge in [-0.15, -0.1) is 0 Å². The van der Waals surface area contributed by atoms with Crippen molar-refractivity contribution in [1.82, 2.24) is 0 Å². The number of para-hydroxylation sites is 1. The summed E-state index contributed by atoms with van der Waals surface area (Å²) in [5.41, 5.74) is 0.674. The van der Waals surface area contributed by atoms with E-state index < -0.39 is 23.7 Å². The molecule has 1 aromatic rings. The van der Waals surface area contributed by atoms with Crippen LogP contribution in [0.2, 0.25) is 0 Å². The summed E-state index contributed by atoms with van der Waals surface area (Å²) in [5, 5.41) is 9.93. The molecule has 6 nitrogen and oxygen atoms in total. The summed E-state index contributed by atoms with van der Waals surface area (Å²) in [6.07, 6.45) is 3.96. The molecule has 1 amide bonds. The number of hydrogen-bond donors (Lipinski definition) is 1. The topological polar surface area (TPSA) is 76.1 Å². The SMILES string of the molecule is CCOc1cccc2c1N(C(=O)OC(C)(C)C)[C@@H](C(=O)O)[C@H]1CC=C[C@@H]21. The monoisotopic (exact) mass is 359 g/mol. The van der Waals surface area contributed by atoms with Crippen molar-refractivity contribution < 1.29 is 24.2 Å². The number of rotatable bonds is 3. The zero-order valence-corrected chi connectivity index (χ0v) is 15.6. The van der Waals surface area contributed by atoms with Gasteiger partial charge in [-0.2, -0.15) is 0 Å². The molecule has 0 saturated heterocycles. The molecule has 1 aliphatic carbocycles.